The van der Waals surface area contributed by atoms with Gasteiger partial charge in [-0.25, -0.2) is 4.79 Å². The molecule has 4 aromatic rings. The van der Waals surface area contributed by atoms with Crippen LogP contribution >= 0.6 is 0 Å². The third kappa shape index (κ3) is 3.26. The van der Waals surface area contributed by atoms with Gasteiger partial charge in [-0.1, -0.05) is 12.1 Å². The topological polar surface area (TPSA) is 88.0 Å². The summed E-state index contributed by atoms with van der Waals surface area (Å²) >= 11 is 0. The minimum atomic E-state index is -4.71. The number of halogens is 3. The molecule has 8 nitrogen and oxygen atoms in total. The maximum atomic E-state index is 13.4. The van der Waals surface area contributed by atoms with Crippen molar-refractivity contribution in [2.24, 2.45) is 5.41 Å². The van der Waals surface area contributed by atoms with Crippen molar-refractivity contribution in [1.29, 1.82) is 0 Å². The molecule has 1 spiro atoms. The van der Waals surface area contributed by atoms with Crippen LogP contribution < -0.4 is 5.69 Å². The fourth-order valence-electron chi connectivity index (χ4n) is 4.75. The predicted molar refractivity (Wildman–Crippen MR) is 109 cm³/mol. The van der Waals surface area contributed by atoms with Crippen molar-refractivity contribution >= 4 is 11.0 Å². The van der Waals surface area contributed by atoms with E-state index in [0.717, 1.165) is 37.1 Å². The van der Waals surface area contributed by atoms with Crippen molar-refractivity contribution in [1.82, 2.24) is 24.3 Å². The third-order valence-corrected chi connectivity index (χ3v) is 6.45. The highest BCUT2D eigenvalue weighted by Gasteiger charge is 2.51. The zero-order valence-electron chi connectivity index (χ0n) is 17.2. The molecule has 1 saturated heterocycles. The van der Waals surface area contributed by atoms with Crippen molar-refractivity contribution in [3.05, 3.63) is 64.7 Å². The van der Waals surface area contributed by atoms with E-state index in [1.807, 2.05) is 28.8 Å². The van der Waals surface area contributed by atoms with Gasteiger partial charge in [0.05, 0.1) is 42.0 Å². The molecule has 0 bridgehead atoms. The zero-order chi connectivity index (χ0) is 22.8. The number of aromatic nitrogens is 5. The lowest BCUT2D eigenvalue weighted by molar-refractivity contribution is -0.174. The number of pyridine rings is 1. The van der Waals surface area contributed by atoms with Crippen LogP contribution in [0.5, 0.6) is 0 Å². The fraction of sp³-hybridized carbons (Fsp3) is 0.364. The number of fused-ring (bicyclic) bond motifs is 1. The molecule has 0 unspecified atom stereocenters. The summed E-state index contributed by atoms with van der Waals surface area (Å²) in [6.45, 7) is 1.75. The van der Waals surface area contributed by atoms with Crippen molar-refractivity contribution in [3.8, 4) is 11.5 Å². The Morgan fingerprint density at radius 3 is 2.42 bits per heavy atom. The van der Waals surface area contributed by atoms with Crippen LogP contribution in [0.15, 0.2) is 51.8 Å². The molecule has 0 atom stereocenters. The summed E-state index contributed by atoms with van der Waals surface area (Å²) in [5.41, 5.74) is 2.66. The summed E-state index contributed by atoms with van der Waals surface area (Å²) in [5, 5.41) is 6.47. The lowest BCUT2D eigenvalue weighted by Crippen LogP contribution is -2.53. The van der Waals surface area contributed by atoms with Crippen LogP contribution in [0.25, 0.3) is 22.5 Å². The van der Waals surface area contributed by atoms with E-state index in [2.05, 4.69) is 15.2 Å². The van der Waals surface area contributed by atoms with Crippen molar-refractivity contribution in [2.75, 3.05) is 13.2 Å². The molecule has 2 aliphatic rings. The van der Waals surface area contributed by atoms with Gasteiger partial charge in [-0.3, -0.25) is 14.1 Å². The van der Waals surface area contributed by atoms with Gasteiger partial charge in [-0.2, -0.15) is 13.2 Å². The first-order valence-corrected chi connectivity index (χ1v) is 10.5. The Labute approximate surface area is 184 Å². The molecular weight excluding hydrogens is 439 g/mol. The summed E-state index contributed by atoms with van der Waals surface area (Å²) in [5.74, 6) is -1.68. The Balaban J connectivity index is 1.29. The lowest BCUT2D eigenvalue weighted by atomic mass is 9.64. The van der Waals surface area contributed by atoms with E-state index in [-0.39, 0.29) is 35.1 Å². The van der Waals surface area contributed by atoms with E-state index in [0.29, 0.717) is 5.69 Å². The molecule has 0 amide bonds. The first-order chi connectivity index (χ1) is 15.8. The summed E-state index contributed by atoms with van der Waals surface area (Å²) in [7, 11) is 0. The summed E-state index contributed by atoms with van der Waals surface area (Å²) < 4.78 is 51.7. The van der Waals surface area contributed by atoms with E-state index >= 15 is 0 Å². The van der Waals surface area contributed by atoms with E-state index in [1.165, 1.54) is 6.20 Å². The van der Waals surface area contributed by atoms with Gasteiger partial charge in [-0.15, -0.1) is 10.2 Å². The normalized spacial score (nSPS) is 17.9. The van der Waals surface area contributed by atoms with Gasteiger partial charge in [0.1, 0.15) is 0 Å². The van der Waals surface area contributed by atoms with E-state index in [4.69, 9.17) is 9.15 Å². The largest absolute Gasteiger partial charge is 0.470 e. The van der Waals surface area contributed by atoms with Gasteiger partial charge in [0.15, 0.2) is 0 Å². The second-order valence-corrected chi connectivity index (χ2v) is 8.73. The zero-order valence-corrected chi connectivity index (χ0v) is 17.2. The van der Waals surface area contributed by atoms with Gasteiger partial charge >= 0.3 is 17.8 Å². The predicted octanol–water partition coefficient (Wildman–Crippen LogP) is 3.67. The average Bonchev–Trinajstić information content (AvgIpc) is 3.32. The molecule has 6 rings (SSSR count). The van der Waals surface area contributed by atoms with Gasteiger partial charge in [0, 0.05) is 17.7 Å². The molecule has 170 valence electrons. The Morgan fingerprint density at radius 2 is 1.82 bits per heavy atom. The second kappa shape index (κ2) is 7.01. The molecule has 1 aliphatic heterocycles. The number of nitrogens with zero attached hydrogens (tertiary/aromatic N) is 5. The summed E-state index contributed by atoms with van der Waals surface area (Å²) in [6, 6.07) is 11.0. The monoisotopic (exact) mass is 457 g/mol. The molecular formula is C22H18F3N5O3. The van der Waals surface area contributed by atoms with Crippen LogP contribution in [-0.2, 0) is 17.5 Å². The third-order valence-electron chi connectivity index (χ3n) is 6.45. The van der Waals surface area contributed by atoms with Crippen LogP contribution in [0.2, 0.25) is 0 Å². The molecule has 1 aliphatic carbocycles. The number of ether oxygens (including phenoxy) is 1. The highest BCUT2D eigenvalue weighted by Crippen LogP contribution is 2.53. The van der Waals surface area contributed by atoms with Gasteiger partial charge in [0.2, 0.25) is 5.89 Å². The smallest absolute Gasteiger partial charge is 0.413 e. The fourth-order valence-corrected chi connectivity index (χ4v) is 4.75. The molecule has 1 saturated carbocycles. The van der Waals surface area contributed by atoms with Crippen molar-refractivity contribution in [3.63, 3.8) is 0 Å². The van der Waals surface area contributed by atoms with Crippen LogP contribution in [0.1, 0.15) is 30.5 Å². The first-order valence-electron chi connectivity index (χ1n) is 10.5. The molecule has 0 radical (unpaired) electrons. The molecule has 4 heterocycles. The summed E-state index contributed by atoms with van der Waals surface area (Å²) in [6.07, 6.45) is -1.49. The minimum Gasteiger partial charge on any atom is -0.413 e. The number of hydrogen-bond donors (Lipinski definition) is 0. The number of imidazole rings is 1. The van der Waals surface area contributed by atoms with Crippen LogP contribution in [0, 0.1) is 5.41 Å². The van der Waals surface area contributed by atoms with E-state index in [1.54, 1.807) is 16.7 Å². The molecule has 0 N–H and O–H groups in total. The average molecular weight is 457 g/mol. The van der Waals surface area contributed by atoms with Crippen molar-refractivity contribution < 1.29 is 22.3 Å². The maximum Gasteiger partial charge on any atom is 0.470 e. The number of benzene rings is 1. The number of rotatable bonds is 4. The van der Waals surface area contributed by atoms with Crippen LogP contribution in [0.4, 0.5) is 13.2 Å². The molecule has 11 heteroatoms. The molecule has 2 fully saturated rings. The lowest BCUT2D eigenvalue weighted by Gasteiger charge is -2.53. The highest BCUT2D eigenvalue weighted by molar-refractivity contribution is 5.76. The second-order valence-electron chi connectivity index (χ2n) is 8.73. The summed E-state index contributed by atoms with van der Waals surface area (Å²) in [4.78, 5) is 17.7. The first kappa shape index (κ1) is 20.2. The van der Waals surface area contributed by atoms with Gasteiger partial charge < -0.3 is 9.15 Å². The van der Waals surface area contributed by atoms with Crippen LogP contribution in [0.3, 0.4) is 0 Å². The standard InChI is InChI=1S/C22H18F3N5O3/c23-22(24,25)19-28-27-18(33-19)13-5-6-14(26-9-13)10-29-16-3-1-2-4-17(16)30(20(29)31)15-7-21(8-15)11-32-12-21/h1-6,9,15H,7-8,10-12H2. The van der Waals surface area contributed by atoms with Crippen molar-refractivity contribution in [2.45, 2.75) is 31.6 Å². The molecule has 33 heavy (non-hydrogen) atoms. The molecule has 3 aromatic heterocycles. The maximum absolute atomic E-state index is 13.4. The van der Waals surface area contributed by atoms with Crippen LogP contribution in [-0.4, -0.2) is 37.5 Å². The number of hydrogen-bond acceptors (Lipinski definition) is 6. The number of alkyl halides is 3. The number of para-hydroxylation sites is 2. The van der Waals surface area contributed by atoms with Gasteiger partial charge in [-0.05, 0) is 37.1 Å². The molecule has 1 aromatic carbocycles. The Hall–Kier alpha value is -3.47. The van der Waals surface area contributed by atoms with E-state index in [9.17, 15) is 18.0 Å². The van der Waals surface area contributed by atoms with E-state index < -0.39 is 12.1 Å². The highest BCUT2D eigenvalue weighted by atomic mass is 19.4. The Bertz CT molecular complexity index is 1390. The Kier molecular flexibility index (Phi) is 4.28. The van der Waals surface area contributed by atoms with Gasteiger partial charge in [0.25, 0.3) is 0 Å². The Morgan fingerprint density at radius 1 is 1.06 bits per heavy atom. The minimum absolute atomic E-state index is 0.103. The SMILES string of the molecule is O=c1n(Cc2ccc(-c3nnc(C(F)(F)F)o3)cn2)c2ccccc2n1C1CC2(COC2)C1. The quantitative estimate of drug-likeness (QED) is 0.465.